The minimum Gasteiger partial charge on any atom is -0.468 e. The predicted molar refractivity (Wildman–Crippen MR) is 107 cm³/mol. The Balaban J connectivity index is 0.00000288. The summed E-state index contributed by atoms with van der Waals surface area (Å²) in [5.41, 5.74) is 0. The summed E-state index contributed by atoms with van der Waals surface area (Å²) in [6.07, 6.45) is 3.39. The molecule has 2 heterocycles. The van der Waals surface area contributed by atoms with Crippen LogP contribution in [0.3, 0.4) is 0 Å². The van der Waals surface area contributed by atoms with Crippen molar-refractivity contribution in [2.75, 3.05) is 26.7 Å². The second-order valence-electron chi connectivity index (χ2n) is 5.14. The van der Waals surface area contributed by atoms with Gasteiger partial charge in [-0.05, 0) is 37.4 Å². The molecule has 0 saturated heterocycles. The smallest absolute Gasteiger partial charge is 0.191 e. The number of hydrogen-bond acceptors (Lipinski definition) is 4. The van der Waals surface area contributed by atoms with Crippen molar-refractivity contribution < 1.29 is 8.83 Å². The van der Waals surface area contributed by atoms with Gasteiger partial charge in [0.15, 0.2) is 5.96 Å². The van der Waals surface area contributed by atoms with Crippen molar-refractivity contribution in [3.05, 3.63) is 48.3 Å². The van der Waals surface area contributed by atoms with Crippen LogP contribution in [0.15, 0.2) is 50.6 Å². The van der Waals surface area contributed by atoms with E-state index in [2.05, 4.69) is 34.4 Å². The van der Waals surface area contributed by atoms with E-state index in [0.717, 1.165) is 30.6 Å². The van der Waals surface area contributed by atoms with Crippen LogP contribution in [0.1, 0.15) is 31.4 Å². The molecule has 0 fully saturated rings. The van der Waals surface area contributed by atoms with Gasteiger partial charge in [-0.2, -0.15) is 0 Å². The largest absolute Gasteiger partial charge is 0.468 e. The van der Waals surface area contributed by atoms with Crippen LogP contribution in [-0.4, -0.2) is 37.5 Å². The first kappa shape index (κ1) is 20.6. The van der Waals surface area contributed by atoms with Crippen LogP contribution in [0.5, 0.6) is 0 Å². The van der Waals surface area contributed by atoms with E-state index >= 15 is 0 Å². The van der Waals surface area contributed by atoms with Crippen LogP contribution in [0.25, 0.3) is 0 Å². The van der Waals surface area contributed by atoms with Gasteiger partial charge in [0, 0.05) is 13.6 Å². The van der Waals surface area contributed by atoms with Gasteiger partial charge in [-0.1, -0.05) is 13.8 Å². The molecule has 7 heteroatoms. The Hall–Kier alpha value is -1.48. The zero-order chi connectivity index (χ0) is 16.5. The number of nitrogens with zero attached hydrogens (tertiary/aromatic N) is 2. The quantitative estimate of drug-likeness (QED) is 0.370. The Bertz CT molecular complexity index is 565. The number of hydrogen-bond donors (Lipinski definition) is 2. The molecule has 6 nitrogen and oxygen atoms in total. The van der Waals surface area contributed by atoms with Gasteiger partial charge in [0.1, 0.15) is 11.5 Å². The SMILES string of the molecule is CCN(CC)C(CNC(=NC)NCc1ccco1)c1ccco1.I. The normalized spacial score (nSPS) is 12.8. The van der Waals surface area contributed by atoms with E-state index in [1.807, 2.05) is 24.3 Å². The summed E-state index contributed by atoms with van der Waals surface area (Å²) in [6.45, 7) is 7.55. The van der Waals surface area contributed by atoms with Gasteiger partial charge in [-0.3, -0.25) is 9.89 Å². The van der Waals surface area contributed by atoms with Crippen molar-refractivity contribution in [2.24, 2.45) is 4.99 Å². The first-order valence-electron chi connectivity index (χ1n) is 8.02. The van der Waals surface area contributed by atoms with Crippen molar-refractivity contribution in [3.8, 4) is 0 Å². The summed E-state index contributed by atoms with van der Waals surface area (Å²) in [4.78, 5) is 6.61. The number of nitrogens with one attached hydrogen (secondary N) is 2. The maximum absolute atomic E-state index is 5.61. The monoisotopic (exact) mass is 446 g/mol. The van der Waals surface area contributed by atoms with E-state index in [1.165, 1.54) is 0 Å². The lowest BCUT2D eigenvalue weighted by Crippen LogP contribution is -2.42. The van der Waals surface area contributed by atoms with Crippen LogP contribution in [-0.2, 0) is 6.54 Å². The van der Waals surface area contributed by atoms with E-state index in [-0.39, 0.29) is 30.0 Å². The van der Waals surface area contributed by atoms with E-state index in [4.69, 9.17) is 8.83 Å². The Morgan fingerprint density at radius 2 is 1.83 bits per heavy atom. The molecule has 0 aliphatic rings. The average Bonchev–Trinajstić information content (AvgIpc) is 3.27. The molecule has 0 radical (unpaired) electrons. The molecule has 0 aliphatic carbocycles. The van der Waals surface area contributed by atoms with Gasteiger partial charge < -0.3 is 19.5 Å². The molecule has 0 spiro atoms. The van der Waals surface area contributed by atoms with Crippen LogP contribution in [0.4, 0.5) is 0 Å². The Labute approximate surface area is 160 Å². The molecule has 2 rings (SSSR count). The molecule has 0 aliphatic heterocycles. The Morgan fingerprint density at radius 3 is 2.38 bits per heavy atom. The molecule has 0 aromatic carbocycles. The standard InChI is InChI=1S/C17H26N4O2.HI/c1-4-21(5-2)15(16-9-7-11-23-16)13-20-17(18-3)19-12-14-8-6-10-22-14;/h6-11,15H,4-5,12-13H2,1-3H3,(H2,18,19,20);1H. The van der Waals surface area contributed by atoms with Gasteiger partial charge in [-0.15, -0.1) is 24.0 Å². The van der Waals surface area contributed by atoms with E-state index in [9.17, 15) is 0 Å². The van der Waals surface area contributed by atoms with Crippen LogP contribution in [0.2, 0.25) is 0 Å². The topological polar surface area (TPSA) is 65.9 Å². The van der Waals surface area contributed by atoms with Crippen molar-refractivity contribution in [3.63, 3.8) is 0 Å². The van der Waals surface area contributed by atoms with Crippen LogP contribution >= 0.6 is 24.0 Å². The van der Waals surface area contributed by atoms with Crippen LogP contribution < -0.4 is 10.6 Å². The lowest BCUT2D eigenvalue weighted by Gasteiger charge is -2.28. The molecule has 24 heavy (non-hydrogen) atoms. The molecule has 2 aromatic rings. The zero-order valence-electron chi connectivity index (χ0n) is 14.5. The van der Waals surface area contributed by atoms with E-state index in [0.29, 0.717) is 13.1 Å². The highest BCUT2D eigenvalue weighted by molar-refractivity contribution is 14.0. The number of likely N-dealkylation sites (N-methyl/N-ethyl adjacent to an activating group) is 1. The lowest BCUT2D eigenvalue weighted by molar-refractivity contribution is 0.193. The molecule has 0 saturated carbocycles. The lowest BCUT2D eigenvalue weighted by atomic mass is 10.2. The summed E-state index contributed by atoms with van der Waals surface area (Å²) >= 11 is 0. The summed E-state index contributed by atoms with van der Waals surface area (Å²) in [6, 6.07) is 7.92. The number of halogens is 1. The fourth-order valence-corrected chi connectivity index (χ4v) is 2.55. The third kappa shape index (κ3) is 5.86. The van der Waals surface area contributed by atoms with Crippen LogP contribution in [0, 0.1) is 0 Å². The van der Waals surface area contributed by atoms with Crippen molar-refractivity contribution in [1.29, 1.82) is 0 Å². The molecule has 0 amide bonds. The van der Waals surface area contributed by atoms with E-state index < -0.39 is 0 Å². The first-order valence-corrected chi connectivity index (χ1v) is 8.02. The third-order valence-corrected chi connectivity index (χ3v) is 3.82. The predicted octanol–water partition coefficient (Wildman–Crippen LogP) is 3.24. The number of rotatable bonds is 8. The number of furan rings is 2. The third-order valence-electron chi connectivity index (χ3n) is 3.82. The molecule has 1 atom stereocenters. The molecule has 2 N–H and O–H groups in total. The highest BCUT2D eigenvalue weighted by atomic mass is 127. The fourth-order valence-electron chi connectivity index (χ4n) is 2.55. The van der Waals surface area contributed by atoms with Gasteiger partial charge in [0.05, 0.1) is 25.1 Å². The number of guanidine groups is 1. The summed E-state index contributed by atoms with van der Waals surface area (Å²) in [5.74, 6) is 2.58. The minimum absolute atomic E-state index is 0. The van der Waals surface area contributed by atoms with Crippen molar-refractivity contribution in [2.45, 2.75) is 26.4 Å². The molecular formula is C17H27IN4O2. The van der Waals surface area contributed by atoms with Gasteiger partial charge in [0.2, 0.25) is 0 Å². The average molecular weight is 446 g/mol. The summed E-state index contributed by atoms with van der Waals surface area (Å²) in [7, 11) is 1.76. The maximum atomic E-state index is 5.61. The molecular weight excluding hydrogens is 419 g/mol. The van der Waals surface area contributed by atoms with E-state index in [1.54, 1.807) is 19.6 Å². The van der Waals surface area contributed by atoms with Crippen molar-refractivity contribution in [1.82, 2.24) is 15.5 Å². The maximum Gasteiger partial charge on any atom is 0.191 e. The highest BCUT2D eigenvalue weighted by Crippen LogP contribution is 2.20. The minimum atomic E-state index is 0. The van der Waals surface area contributed by atoms with Gasteiger partial charge >= 0.3 is 0 Å². The molecule has 1 unspecified atom stereocenters. The second kappa shape index (κ2) is 11.1. The summed E-state index contributed by atoms with van der Waals surface area (Å²) < 4.78 is 10.9. The highest BCUT2D eigenvalue weighted by Gasteiger charge is 2.20. The number of aliphatic imine (C=N–C) groups is 1. The fraction of sp³-hybridized carbons (Fsp3) is 0.471. The molecule has 134 valence electrons. The summed E-state index contributed by atoms with van der Waals surface area (Å²) in [5, 5.41) is 6.61. The first-order chi connectivity index (χ1) is 11.3. The Morgan fingerprint density at radius 1 is 1.12 bits per heavy atom. The van der Waals surface area contributed by atoms with Crippen molar-refractivity contribution >= 4 is 29.9 Å². The molecule has 2 aromatic heterocycles. The van der Waals surface area contributed by atoms with Gasteiger partial charge in [0.25, 0.3) is 0 Å². The zero-order valence-corrected chi connectivity index (χ0v) is 16.8. The molecule has 0 bridgehead atoms. The van der Waals surface area contributed by atoms with Gasteiger partial charge in [-0.25, -0.2) is 0 Å². The Kier molecular flexibility index (Phi) is 9.55. The second-order valence-corrected chi connectivity index (χ2v) is 5.14.